The van der Waals surface area contributed by atoms with Crippen LogP contribution in [-0.4, -0.2) is 25.3 Å². The van der Waals surface area contributed by atoms with Gasteiger partial charge in [-0.25, -0.2) is 4.99 Å². The van der Waals surface area contributed by atoms with Gasteiger partial charge in [-0.1, -0.05) is 30.3 Å². The number of nitriles is 1. The average Bonchev–Trinajstić information content (AvgIpc) is 2.87. The summed E-state index contributed by atoms with van der Waals surface area (Å²) in [6.45, 7) is 2.47. The Labute approximate surface area is 119 Å². The first-order valence-corrected chi connectivity index (χ1v) is 6.88. The summed E-state index contributed by atoms with van der Waals surface area (Å²) in [7, 11) is 1.57. The van der Waals surface area contributed by atoms with Gasteiger partial charge in [0.1, 0.15) is 5.41 Å². The third-order valence-corrected chi connectivity index (χ3v) is 4.47. The van der Waals surface area contributed by atoms with E-state index in [1.165, 1.54) is 0 Å². The van der Waals surface area contributed by atoms with Crippen molar-refractivity contribution in [2.75, 3.05) is 13.7 Å². The van der Waals surface area contributed by atoms with Crippen LogP contribution in [0.25, 0.3) is 0 Å². The molecule has 20 heavy (non-hydrogen) atoms. The highest BCUT2D eigenvalue weighted by Crippen LogP contribution is 2.57. The summed E-state index contributed by atoms with van der Waals surface area (Å²) in [5.41, 5.74) is 1.37. The minimum absolute atomic E-state index is 0.0497. The minimum Gasteiger partial charge on any atom is -0.334 e. The highest BCUT2D eigenvalue weighted by atomic mass is 16.7. The lowest BCUT2D eigenvalue weighted by Gasteiger charge is -2.44. The predicted octanol–water partition coefficient (Wildman–Crippen LogP) is 2.87. The monoisotopic (exact) mass is 270 g/mol. The van der Waals surface area contributed by atoms with Crippen LogP contribution in [-0.2, 0) is 9.47 Å². The molecule has 0 spiro atoms. The van der Waals surface area contributed by atoms with Crippen LogP contribution in [0.4, 0.5) is 0 Å². The topological polar surface area (TPSA) is 54.6 Å². The number of hydrogen-bond acceptors (Lipinski definition) is 4. The number of ether oxygens (including phenoxy) is 2. The molecule has 0 radical (unpaired) electrons. The standard InChI is InChI=1S/C16H18N2O2/c1-12-10-14(13-6-4-3-5-7-13)15(11-17)8-9-20-16(15,18-12)19-2/h3-7,14H,8-10H2,1-2H3. The molecular weight excluding hydrogens is 252 g/mol. The van der Waals surface area contributed by atoms with Gasteiger partial charge in [0.05, 0.1) is 12.7 Å². The lowest BCUT2D eigenvalue weighted by Crippen LogP contribution is -2.51. The fourth-order valence-corrected chi connectivity index (χ4v) is 3.51. The maximum Gasteiger partial charge on any atom is 0.289 e. The second kappa shape index (κ2) is 4.69. The third kappa shape index (κ3) is 1.64. The van der Waals surface area contributed by atoms with Gasteiger partial charge >= 0.3 is 0 Å². The number of fused-ring (bicyclic) bond motifs is 1. The first kappa shape index (κ1) is 13.3. The first-order chi connectivity index (χ1) is 9.67. The van der Waals surface area contributed by atoms with Crippen LogP contribution in [0.1, 0.15) is 31.2 Å². The van der Waals surface area contributed by atoms with E-state index >= 15 is 0 Å². The van der Waals surface area contributed by atoms with Crippen molar-refractivity contribution in [2.45, 2.75) is 31.6 Å². The fourth-order valence-electron chi connectivity index (χ4n) is 3.51. The Balaban J connectivity index is 2.17. The molecule has 104 valence electrons. The quantitative estimate of drug-likeness (QED) is 0.830. The molecule has 3 unspecified atom stereocenters. The minimum atomic E-state index is -1.15. The predicted molar refractivity (Wildman–Crippen MR) is 75.3 cm³/mol. The fraction of sp³-hybridized carbons (Fsp3) is 0.500. The zero-order valence-electron chi connectivity index (χ0n) is 11.8. The molecule has 2 heterocycles. The number of methoxy groups -OCH3 is 1. The van der Waals surface area contributed by atoms with Gasteiger partial charge in [0.25, 0.3) is 5.91 Å². The van der Waals surface area contributed by atoms with Crippen molar-refractivity contribution in [3.63, 3.8) is 0 Å². The van der Waals surface area contributed by atoms with Crippen molar-refractivity contribution in [2.24, 2.45) is 10.4 Å². The van der Waals surface area contributed by atoms with E-state index in [0.29, 0.717) is 13.0 Å². The number of benzene rings is 1. The summed E-state index contributed by atoms with van der Waals surface area (Å²) in [6, 6.07) is 12.6. The first-order valence-electron chi connectivity index (χ1n) is 6.88. The van der Waals surface area contributed by atoms with E-state index in [4.69, 9.17) is 9.47 Å². The Hall–Kier alpha value is -1.70. The summed E-state index contributed by atoms with van der Waals surface area (Å²) in [5.74, 6) is -1.10. The van der Waals surface area contributed by atoms with Gasteiger partial charge in [-0.3, -0.25) is 0 Å². The molecule has 1 saturated heterocycles. The molecule has 3 atom stereocenters. The molecule has 2 aliphatic rings. The van der Waals surface area contributed by atoms with E-state index in [1.54, 1.807) is 7.11 Å². The summed E-state index contributed by atoms with van der Waals surface area (Å²) in [5, 5.41) is 9.89. The highest BCUT2D eigenvalue weighted by Gasteiger charge is 2.64. The van der Waals surface area contributed by atoms with Crippen LogP contribution in [0.5, 0.6) is 0 Å². The molecule has 0 aromatic heterocycles. The Bertz CT molecular complexity index is 578. The van der Waals surface area contributed by atoms with Gasteiger partial charge in [0.15, 0.2) is 0 Å². The van der Waals surface area contributed by atoms with Crippen LogP contribution >= 0.6 is 0 Å². The summed E-state index contributed by atoms with van der Waals surface area (Å²) in [4.78, 5) is 4.56. The van der Waals surface area contributed by atoms with Gasteiger partial charge in [-0.15, -0.1) is 0 Å². The van der Waals surface area contributed by atoms with E-state index in [0.717, 1.165) is 17.7 Å². The Morgan fingerprint density at radius 3 is 2.80 bits per heavy atom. The zero-order valence-corrected chi connectivity index (χ0v) is 11.8. The van der Waals surface area contributed by atoms with Crippen LogP contribution in [0.3, 0.4) is 0 Å². The molecule has 0 amide bonds. The van der Waals surface area contributed by atoms with Crippen LogP contribution in [0.2, 0.25) is 0 Å². The largest absolute Gasteiger partial charge is 0.334 e. The van der Waals surface area contributed by atoms with E-state index in [9.17, 15) is 5.26 Å². The summed E-state index contributed by atoms with van der Waals surface area (Å²) < 4.78 is 11.4. The van der Waals surface area contributed by atoms with E-state index in [1.807, 2.05) is 25.1 Å². The van der Waals surface area contributed by atoms with Crippen molar-refractivity contribution >= 4 is 5.71 Å². The molecule has 1 aromatic rings. The van der Waals surface area contributed by atoms with Gasteiger partial charge in [-0.2, -0.15) is 5.26 Å². The van der Waals surface area contributed by atoms with Crippen molar-refractivity contribution < 1.29 is 9.47 Å². The molecule has 2 aliphatic heterocycles. The molecule has 0 N–H and O–H groups in total. The maximum absolute atomic E-state index is 9.89. The molecule has 0 saturated carbocycles. The number of nitrogens with zero attached hydrogens (tertiary/aromatic N) is 2. The molecule has 0 bridgehead atoms. The lowest BCUT2D eigenvalue weighted by molar-refractivity contribution is -0.234. The van der Waals surface area contributed by atoms with Crippen molar-refractivity contribution in [3.8, 4) is 6.07 Å². The van der Waals surface area contributed by atoms with Crippen LogP contribution in [0.15, 0.2) is 35.3 Å². The van der Waals surface area contributed by atoms with Gasteiger partial charge < -0.3 is 9.47 Å². The Morgan fingerprint density at radius 2 is 2.15 bits per heavy atom. The van der Waals surface area contributed by atoms with Gasteiger partial charge in [0.2, 0.25) is 0 Å². The average molecular weight is 270 g/mol. The molecule has 3 rings (SSSR count). The molecule has 4 nitrogen and oxygen atoms in total. The smallest absolute Gasteiger partial charge is 0.289 e. The molecular formula is C16H18N2O2. The molecule has 4 heteroatoms. The second-order valence-corrected chi connectivity index (χ2v) is 5.48. The SMILES string of the molecule is COC12N=C(C)CC(c3ccccc3)C1(C#N)CCO2. The van der Waals surface area contributed by atoms with Crippen molar-refractivity contribution in [1.82, 2.24) is 0 Å². The number of hydrogen-bond donors (Lipinski definition) is 0. The number of rotatable bonds is 2. The highest BCUT2D eigenvalue weighted by molar-refractivity contribution is 5.84. The molecule has 1 aromatic carbocycles. The van der Waals surface area contributed by atoms with E-state index in [-0.39, 0.29) is 5.92 Å². The second-order valence-electron chi connectivity index (χ2n) is 5.48. The zero-order chi connectivity index (χ0) is 14.2. The molecule has 1 fully saturated rings. The van der Waals surface area contributed by atoms with Gasteiger partial charge in [-0.05, 0) is 25.3 Å². The summed E-state index contributed by atoms with van der Waals surface area (Å²) >= 11 is 0. The maximum atomic E-state index is 9.89. The van der Waals surface area contributed by atoms with Gasteiger partial charge in [0, 0.05) is 18.7 Å². The number of aliphatic imine (C=N–C) groups is 1. The summed E-state index contributed by atoms with van der Waals surface area (Å²) in [6.07, 6.45) is 1.42. The van der Waals surface area contributed by atoms with Crippen molar-refractivity contribution in [1.29, 1.82) is 5.26 Å². The van der Waals surface area contributed by atoms with Crippen LogP contribution < -0.4 is 0 Å². The Morgan fingerprint density at radius 1 is 1.40 bits per heavy atom. The van der Waals surface area contributed by atoms with E-state index in [2.05, 4.69) is 23.2 Å². The Kier molecular flexibility index (Phi) is 3.12. The third-order valence-electron chi connectivity index (χ3n) is 4.47. The van der Waals surface area contributed by atoms with Crippen LogP contribution in [0, 0.1) is 16.7 Å². The van der Waals surface area contributed by atoms with Crippen molar-refractivity contribution in [3.05, 3.63) is 35.9 Å². The van der Waals surface area contributed by atoms with E-state index < -0.39 is 11.3 Å². The molecule has 0 aliphatic carbocycles. The normalized spacial score (nSPS) is 36.0. The lowest BCUT2D eigenvalue weighted by atomic mass is 9.65.